The Balaban J connectivity index is 1.38. The van der Waals surface area contributed by atoms with E-state index in [9.17, 15) is 18.0 Å². The SMILES string of the molecule is N#Cc1cccc(S(=O)(=O)n2ncc3c2CN(c2ccc(C(=O)N4CCC(=O)C4)cc2)CC3)c1. The highest BCUT2D eigenvalue weighted by atomic mass is 32.2. The largest absolute Gasteiger partial charge is 0.365 e. The summed E-state index contributed by atoms with van der Waals surface area (Å²) in [6.07, 6.45) is 2.61. The number of amides is 1. The minimum absolute atomic E-state index is 0.0119. The second-order valence-corrected chi connectivity index (χ2v) is 10.1. The van der Waals surface area contributed by atoms with E-state index in [-0.39, 0.29) is 28.7 Å². The number of hydrogen-bond donors (Lipinski definition) is 0. The summed E-state index contributed by atoms with van der Waals surface area (Å²) in [6, 6.07) is 15.0. The fourth-order valence-electron chi connectivity index (χ4n) is 4.33. The van der Waals surface area contributed by atoms with E-state index in [1.54, 1.807) is 29.3 Å². The smallest absolute Gasteiger partial charge is 0.283 e. The van der Waals surface area contributed by atoms with Crippen LogP contribution in [0, 0.1) is 11.3 Å². The molecule has 5 rings (SSSR count). The molecule has 172 valence electrons. The van der Waals surface area contributed by atoms with Gasteiger partial charge in [-0.15, -0.1) is 0 Å². The van der Waals surface area contributed by atoms with E-state index in [0.29, 0.717) is 43.7 Å². The van der Waals surface area contributed by atoms with Gasteiger partial charge in [-0.25, -0.2) is 0 Å². The topological polar surface area (TPSA) is 116 Å². The number of hydrogen-bond acceptors (Lipinski definition) is 7. The van der Waals surface area contributed by atoms with Crippen LogP contribution in [0.2, 0.25) is 0 Å². The lowest BCUT2D eigenvalue weighted by molar-refractivity contribution is -0.116. The van der Waals surface area contributed by atoms with Crippen LogP contribution in [-0.4, -0.2) is 53.8 Å². The van der Waals surface area contributed by atoms with Gasteiger partial charge in [0, 0.05) is 30.8 Å². The van der Waals surface area contributed by atoms with Gasteiger partial charge in [-0.05, 0) is 54.4 Å². The summed E-state index contributed by atoms with van der Waals surface area (Å²) in [7, 11) is -3.96. The van der Waals surface area contributed by atoms with E-state index in [4.69, 9.17) is 5.26 Å². The van der Waals surface area contributed by atoms with Gasteiger partial charge >= 0.3 is 0 Å². The lowest BCUT2D eigenvalue weighted by Crippen LogP contribution is -2.33. The van der Waals surface area contributed by atoms with Crippen LogP contribution in [0.3, 0.4) is 0 Å². The maximum absolute atomic E-state index is 13.3. The van der Waals surface area contributed by atoms with Crippen molar-refractivity contribution in [2.24, 2.45) is 0 Å². The Morgan fingerprint density at radius 3 is 2.53 bits per heavy atom. The van der Waals surface area contributed by atoms with Crippen molar-refractivity contribution in [1.82, 2.24) is 14.1 Å². The molecule has 10 heteroatoms. The molecule has 1 saturated heterocycles. The fraction of sp³-hybridized carbons (Fsp3) is 0.250. The zero-order chi connectivity index (χ0) is 23.9. The minimum atomic E-state index is -3.96. The van der Waals surface area contributed by atoms with Crippen molar-refractivity contribution in [3.63, 3.8) is 0 Å². The van der Waals surface area contributed by atoms with Gasteiger partial charge in [-0.1, -0.05) is 6.07 Å². The van der Waals surface area contributed by atoms with Gasteiger partial charge < -0.3 is 9.80 Å². The lowest BCUT2D eigenvalue weighted by atomic mass is 10.1. The van der Waals surface area contributed by atoms with E-state index in [1.165, 1.54) is 18.2 Å². The van der Waals surface area contributed by atoms with Gasteiger partial charge in [0.15, 0.2) is 5.78 Å². The predicted octanol–water partition coefficient (Wildman–Crippen LogP) is 1.97. The number of nitriles is 1. The van der Waals surface area contributed by atoms with Crippen molar-refractivity contribution in [2.45, 2.75) is 24.3 Å². The van der Waals surface area contributed by atoms with Crippen LogP contribution in [0.25, 0.3) is 0 Å². The molecule has 2 aliphatic heterocycles. The Kier molecular flexibility index (Phi) is 5.42. The van der Waals surface area contributed by atoms with Crippen LogP contribution in [0.15, 0.2) is 59.6 Å². The maximum Gasteiger partial charge on any atom is 0.283 e. The predicted molar refractivity (Wildman–Crippen MR) is 123 cm³/mol. The van der Waals surface area contributed by atoms with Crippen molar-refractivity contribution in [2.75, 3.05) is 24.5 Å². The highest BCUT2D eigenvalue weighted by Gasteiger charge is 2.29. The average Bonchev–Trinajstić information content (AvgIpc) is 3.50. The number of rotatable bonds is 4. The first-order valence-electron chi connectivity index (χ1n) is 10.8. The number of fused-ring (bicyclic) bond motifs is 1. The van der Waals surface area contributed by atoms with Gasteiger partial charge in [-0.2, -0.15) is 22.9 Å². The number of anilines is 1. The Bertz CT molecular complexity index is 1440. The zero-order valence-corrected chi connectivity index (χ0v) is 19.0. The third-order valence-corrected chi connectivity index (χ3v) is 7.81. The van der Waals surface area contributed by atoms with Gasteiger partial charge in [-0.3, -0.25) is 9.59 Å². The fourth-order valence-corrected chi connectivity index (χ4v) is 5.69. The summed E-state index contributed by atoms with van der Waals surface area (Å²) >= 11 is 0. The van der Waals surface area contributed by atoms with Crippen LogP contribution in [0.1, 0.15) is 33.6 Å². The minimum Gasteiger partial charge on any atom is -0.365 e. The van der Waals surface area contributed by atoms with Crippen molar-refractivity contribution in [3.8, 4) is 6.07 Å². The quantitative estimate of drug-likeness (QED) is 0.566. The lowest BCUT2D eigenvalue weighted by Gasteiger charge is -2.29. The van der Waals surface area contributed by atoms with Crippen molar-refractivity contribution in [3.05, 3.63) is 77.1 Å². The number of benzene rings is 2. The average molecular weight is 476 g/mol. The molecule has 9 nitrogen and oxygen atoms in total. The molecule has 0 N–H and O–H groups in total. The normalized spacial score (nSPS) is 15.8. The van der Waals surface area contributed by atoms with E-state index in [0.717, 1.165) is 15.3 Å². The van der Waals surface area contributed by atoms with E-state index >= 15 is 0 Å². The monoisotopic (exact) mass is 475 g/mol. The third kappa shape index (κ3) is 3.84. The molecule has 1 aromatic heterocycles. The van der Waals surface area contributed by atoms with Crippen LogP contribution in [0.4, 0.5) is 5.69 Å². The van der Waals surface area contributed by atoms with Crippen LogP contribution < -0.4 is 4.90 Å². The van der Waals surface area contributed by atoms with Crippen molar-refractivity contribution >= 4 is 27.4 Å². The molecule has 0 spiro atoms. The molecular weight excluding hydrogens is 454 g/mol. The molecule has 3 heterocycles. The van der Waals surface area contributed by atoms with E-state index < -0.39 is 10.0 Å². The summed E-state index contributed by atoms with van der Waals surface area (Å²) in [5.74, 6) is -0.0953. The van der Waals surface area contributed by atoms with Crippen LogP contribution in [0.5, 0.6) is 0 Å². The number of aromatic nitrogens is 2. The van der Waals surface area contributed by atoms with Gasteiger partial charge in [0.25, 0.3) is 15.9 Å². The van der Waals surface area contributed by atoms with E-state index in [2.05, 4.69) is 5.10 Å². The molecule has 34 heavy (non-hydrogen) atoms. The molecule has 0 bridgehead atoms. The highest BCUT2D eigenvalue weighted by Crippen LogP contribution is 2.27. The molecule has 3 aromatic rings. The summed E-state index contributed by atoms with van der Waals surface area (Å²) < 4.78 is 27.6. The number of ketones is 1. The molecule has 0 atom stereocenters. The Morgan fingerprint density at radius 2 is 1.82 bits per heavy atom. The first-order chi connectivity index (χ1) is 16.4. The second kappa shape index (κ2) is 8.43. The second-order valence-electron chi connectivity index (χ2n) is 8.34. The zero-order valence-electron chi connectivity index (χ0n) is 18.2. The molecule has 0 aliphatic carbocycles. The summed E-state index contributed by atoms with van der Waals surface area (Å²) in [5.41, 5.74) is 3.07. The summed E-state index contributed by atoms with van der Waals surface area (Å²) in [6.45, 7) is 1.62. The first-order valence-corrected chi connectivity index (χ1v) is 12.3. The third-order valence-electron chi connectivity index (χ3n) is 6.19. The molecule has 0 radical (unpaired) electrons. The molecule has 1 amide bonds. The van der Waals surface area contributed by atoms with Crippen LogP contribution in [-0.2, 0) is 27.8 Å². The molecular formula is C24H21N5O4S. The number of nitrogens with zero attached hydrogens (tertiary/aromatic N) is 5. The summed E-state index contributed by atoms with van der Waals surface area (Å²) in [5, 5.41) is 13.3. The van der Waals surface area contributed by atoms with E-state index in [1.807, 2.05) is 23.1 Å². The Hall–Kier alpha value is -3.97. The van der Waals surface area contributed by atoms with Crippen LogP contribution >= 0.6 is 0 Å². The number of Topliss-reactive ketones (excluding diaryl/α,β-unsaturated/α-hetero) is 1. The molecule has 0 saturated carbocycles. The standard InChI is InChI=1S/C24H21N5O4S/c25-13-17-2-1-3-22(12-17)34(32,33)29-23-16-27(10-8-19(23)14-26-29)20-6-4-18(5-7-20)24(31)28-11-9-21(30)15-28/h1-7,12,14H,8-11,15-16H2. The highest BCUT2D eigenvalue weighted by molar-refractivity contribution is 7.89. The number of likely N-dealkylation sites (tertiary alicyclic amines) is 1. The molecule has 1 fully saturated rings. The van der Waals surface area contributed by atoms with Gasteiger partial charge in [0.05, 0.1) is 41.5 Å². The molecule has 0 unspecified atom stereocenters. The molecule has 2 aliphatic rings. The Labute approximate surface area is 196 Å². The number of carbonyl (C=O) groups excluding carboxylic acids is 2. The van der Waals surface area contributed by atoms with Crippen molar-refractivity contribution < 1.29 is 18.0 Å². The van der Waals surface area contributed by atoms with Crippen molar-refractivity contribution in [1.29, 1.82) is 5.26 Å². The maximum atomic E-state index is 13.3. The molecule has 2 aromatic carbocycles. The van der Waals surface area contributed by atoms with Gasteiger partial charge in [0.2, 0.25) is 0 Å². The first kappa shape index (κ1) is 21.9. The van der Waals surface area contributed by atoms with Gasteiger partial charge in [0.1, 0.15) is 0 Å². The summed E-state index contributed by atoms with van der Waals surface area (Å²) in [4.78, 5) is 27.7. The number of carbonyl (C=O) groups is 2. The Morgan fingerprint density at radius 1 is 1.03 bits per heavy atom.